The summed E-state index contributed by atoms with van der Waals surface area (Å²) in [5.41, 5.74) is 0.593. The molecule has 6 heteroatoms. The number of amides is 2. The van der Waals surface area contributed by atoms with Crippen LogP contribution in [0.3, 0.4) is 0 Å². The molecule has 1 atom stereocenters. The van der Waals surface area contributed by atoms with Crippen LogP contribution in [0.1, 0.15) is 58.6 Å². The van der Waals surface area contributed by atoms with Crippen LogP contribution in [-0.2, 0) is 9.53 Å². The third kappa shape index (κ3) is 6.31. The second kappa shape index (κ2) is 8.89. The highest BCUT2D eigenvalue weighted by molar-refractivity contribution is 9.10. The van der Waals surface area contributed by atoms with E-state index in [9.17, 15) is 9.59 Å². The van der Waals surface area contributed by atoms with E-state index in [4.69, 9.17) is 4.74 Å². The minimum absolute atomic E-state index is 0.0417. The molecule has 1 unspecified atom stereocenters. The Morgan fingerprint density at radius 3 is 2.46 bits per heavy atom. The van der Waals surface area contributed by atoms with Crippen LogP contribution in [0, 0.1) is 5.92 Å². The number of hydrogen-bond donors (Lipinski definition) is 1. The van der Waals surface area contributed by atoms with E-state index in [0.717, 1.165) is 22.9 Å². The van der Waals surface area contributed by atoms with Crippen molar-refractivity contribution in [2.45, 2.75) is 58.6 Å². The van der Waals surface area contributed by atoms with Gasteiger partial charge in [-0.2, -0.15) is 0 Å². The average Bonchev–Trinajstić information content (AvgIpc) is 2.54. The molecule has 5 nitrogen and oxygen atoms in total. The molecule has 0 saturated carbocycles. The predicted molar refractivity (Wildman–Crippen MR) is 106 cm³/mol. The lowest BCUT2D eigenvalue weighted by atomic mass is 9.93. The van der Waals surface area contributed by atoms with E-state index in [-0.39, 0.29) is 18.0 Å². The Morgan fingerprint density at radius 1 is 1.27 bits per heavy atom. The van der Waals surface area contributed by atoms with Gasteiger partial charge in [0.25, 0.3) is 0 Å². The summed E-state index contributed by atoms with van der Waals surface area (Å²) >= 11 is 3.53. The van der Waals surface area contributed by atoms with Crippen molar-refractivity contribution in [1.82, 2.24) is 10.2 Å². The van der Waals surface area contributed by atoms with Crippen LogP contribution in [0.15, 0.2) is 28.7 Å². The molecule has 0 bridgehead atoms. The lowest BCUT2D eigenvalue weighted by Crippen LogP contribution is -2.42. The molecule has 1 aliphatic heterocycles. The summed E-state index contributed by atoms with van der Waals surface area (Å²) in [6.07, 6.45) is 1.89. The Labute approximate surface area is 164 Å². The van der Waals surface area contributed by atoms with Crippen LogP contribution in [-0.4, -0.2) is 35.6 Å². The first-order valence-electron chi connectivity index (χ1n) is 9.17. The maximum Gasteiger partial charge on any atom is 0.410 e. The summed E-state index contributed by atoms with van der Waals surface area (Å²) in [7, 11) is 0. The molecule has 1 saturated heterocycles. The topological polar surface area (TPSA) is 58.6 Å². The first kappa shape index (κ1) is 20.7. The van der Waals surface area contributed by atoms with Crippen molar-refractivity contribution in [3.05, 3.63) is 34.3 Å². The largest absolute Gasteiger partial charge is 0.444 e. The van der Waals surface area contributed by atoms with Crippen molar-refractivity contribution in [3.63, 3.8) is 0 Å². The van der Waals surface area contributed by atoms with Gasteiger partial charge in [0.1, 0.15) is 5.60 Å². The number of nitrogens with zero attached hydrogens (tertiary/aromatic N) is 1. The molecule has 26 heavy (non-hydrogen) atoms. The molecule has 1 fully saturated rings. The van der Waals surface area contributed by atoms with Crippen molar-refractivity contribution in [3.8, 4) is 0 Å². The molecule has 1 aliphatic rings. The minimum Gasteiger partial charge on any atom is -0.444 e. The Kier molecular flexibility index (Phi) is 7.09. The molecule has 0 spiro atoms. The molecule has 0 radical (unpaired) electrons. The standard InChI is InChI=1S/C20H29BrN2O3/c1-14(16-7-5-6-8-17(16)21)22-18(24)13-15-9-11-23(12-10-15)19(25)26-20(2,3)4/h5-8,14-15H,9-13H2,1-4H3,(H,22,24). The van der Waals surface area contributed by atoms with Gasteiger partial charge < -0.3 is 15.0 Å². The van der Waals surface area contributed by atoms with E-state index in [1.807, 2.05) is 52.0 Å². The molecule has 0 aromatic heterocycles. The van der Waals surface area contributed by atoms with Gasteiger partial charge in [-0.1, -0.05) is 34.1 Å². The molecule has 2 amide bonds. The van der Waals surface area contributed by atoms with Gasteiger partial charge in [-0.25, -0.2) is 4.79 Å². The van der Waals surface area contributed by atoms with E-state index >= 15 is 0 Å². The number of likely N-dealkylation sites (tertiary alicyclic amines) is 1. The number of halogens is 1. The summed E-state index contributed by atoms with van der Waals surface area (Å²) in [5.74, 6) is 0.365. The summed E-state index contributed by atoms with van der Waals surface area (Å²) in [6.45, 7) is 8.89. The lowest BCUT2D eigenvalue weighted by Gasteiger charge is -2.33. The number of carbonyl (C=O) groups excluding carboxylic acids is 2. The van der Waals surface area contributed by atoms with Crippen LogP contribution in [0.2, 0.25) is 0 Å². The van der Waals surface area contributed by atoms with E-state index in [1.54, 1.807) is 4.90 Å². The number of nitrogens with one attached hydrogen (secondary N) is 1. The van der Waals surface area contributed by atoms with E-state index < -0.39 is 5.60 Å². The zero-order valence-electron chi connectivity index (χ0n) is 16.0. The lowest BCUT2D eigenvalue weighted by molar-refractivity contribution is -0.123. The van der Waals surface area contributed by atoms with Gasteiger partial charge in [0.15, 0.2) is 0 Å². The zero-order valence-corrected chi connectivity index (χ0v) is 17.6. The maximum absolute atomic E-state index is 12.4. The number of rotatable bonds is 4. The molecule has 1 N–H and O–H groups in total. The van der Waals surface area contributed by atoms with E-state index in [2.05, 4.69) is 21.2 Å². The highest BCUT2D eigenvalue weighted by Gasteiger charge is 2.28. The Balaban J connectivity index is 1.77. The fraction of sp³-hybridized carbons (Fsp3) is 0.600. The van der Waals surface area contributed by atoms with E-state index in [1.165, 1.54) is 0 Å². The smallest absolute Gasteiger partial charge is 0.410 e. The zero-order chi connectivity index (χ0) is 19.3. The normalized spacial score (nSPS) is 16.9. The van der Waals surface area contributed by atoms with Crippen LogP contribution < -0.4 is 5.32 Å². The third-order valence-corrected chi connectivity index (χ3v) is 5.21. The van der Waals surface area contributed by atoms with Crippen LogP contribution in [0.5, 0.6) is 0 Å². The van der Waals surface area contributed by atoms with Crippen molar-refractivity contribution < 1.29 is 14.3 Å². The Morgan fingerprint density at radius 2 is 1.88 bits per heavy atom. The van der Waals surface area contributed by atoms with Gasteiger partial charge >= 0.3 is 6.09 Å². The quantitative estimate of drug-likeness (QED) is 0.763. The average molecular weight is 425 g/mol. The van der Waals surface area contributed by atoms with Crippen LogP contribution in [0.25, 0.3) is 0 Å². The molecule has 0 aliphatic carbocycles. The van der Waals surface area contributed by atoms with Crippen LogP contribution in [0.4, 0.5) is 4.79 Å². The first-order valence-corrected chi connectivity index (χ1v) is 9.96. The molecule has 2 rings (SSSR count). The molecular formula is C20H29BrN2O3. The summed E-state index contributed by atoms with van der Waals surface area (Å²) in [5, 5.41) is 3.08. The summed E-state index contributed by atoms with van der Waals surface area (Å²) in [4.78, 5) is 26.2. The summed E-state index contributed by atoms with van der Waals surface area (Å²) < 4.78 is 6.41. The number of benzene rings is 1. The van der Waals surface area contributed by atoms with Gasteiger partial charge in [-0.05, 0) is 58.1 Å². The summed E-state index contributed by atoms with van der Waals surface area (Å²) in [6, 6.07) is 7.87. The molecular weight excluding hydrogens is 396 g/mol. The number of ether oxygens (including phenoxy) is 1. The van der Waals surface area contributed by atoms with Crippen molar-refractivity contribution >= 4 is 27.9 Å². The molecule has 144 valence electrons. The third-order valence-electron chi connectivity index (χ3n) is 4.49. The van der Waals surface area contributed by atoms with Gasteiger partial charge in [0.05, 0.1) is 6.04 Å². The second-order valence-corrected chi connectivity index (χ2v) is 8.78. The number of carbonyl (C=O) groups is 2. The number of hydrogen-bond acceptors (Lipinski definition) is 3. The highest BCUT2D eigenvalue weighted by atomic mass is 79.9. The second-order valence-electron chi connectivity index (χ2n) is 7.93. The van der Waals surface area contributed by atoms with Crippen molar-refractivity contribution in [2.24, 2.45) is 5.92 Å². The van der Waals surface area contributed by atoms with Gasteiger partial charge in [0, 0.05) is 24.0 Å². The van der Waals surface area contributed by atoms with E-state index in [0.29, 0.717) is 25.4 Å². The monoisotopic (exact) mass is 424 g/mol. The van der Waals surface area contributed by atoms with Crippen molar-refractivity contribution in [2.75, 3.05) is 13.1 Å². The fourth-order valence-electron chi connectivity index (χ4n) is 3.11. The van der Waals surface area contributed by atoms with Gasteiger partial charge in [-0.15, -0.1) is 0 Å². The fourth-order valence-corrected chi connectivity index (χ4v) is 3.74. The van der Waals surface area contributed by atoms with Crippen molar-refractivity contribution in [1.29, 1.82) is 0 Å². The molecule has 1 aromatic rings. The van der Waals surface area contributed by atoms with Crippen LogP contribution >= 0.6 is 15.9 Å². The SMILES string of the molecule is CC(NC(=O)CC1CCN(C(=O)OC(C)(C)C)CC1)c1ccccc1Br. The molecule has 1 heterocycles. The Bertz CT molecular complexity index is 634. The first-order chi connectivity index (χ1) is 12.2. The van der Waals surface area contributed by atoms with Gasteiger partial charge in [0.2, 0.25) is 5.91 Å². The Hall–Kier alpha value is -1.56. The molecule has 1 aromatic carbocycles. The number of piperidine rings is 1. The minimum atomic E-state index is -0.477. The highest BCUT2D eigenvalue weighted by Crippen LogP contribution is 2.25. The maximum atomic E-state index is 12.4. The predicted octanol–water partition coefficient (Wildman–Crippen LogP) is 4.66. The van der Waals surface area contributed by atoms with Gasteiger partial charge in [-0.3, -0.25) is 4.79 Å².